The molecule has 8 heteroatoms. The first kappa shape index (κ1) is 17.0. The third kappa shape index (κ3) is 3.86. The minimum atomic E-state index is -0.00463. The second kappa shape index (κ2) is 7.43. The van der Waals surface area contributed by atoms with Crippen molar-refractivity contribution < 1.29 is 4.79 Å². The van der Waals surface area contributed by atoms with E-state index in [2.05, 4.69) is 37.4 Å². The summed E-state index contributed by atoms with van der Waals surface area (Å²) in [6.07, 6.45) is 5.81. The second-order valence-corrected chi connectivity index (χ2v) is 7.56. The summed E-state index contributed by atoms with van der Waals surface area (Å²) in [6.45, 7) is 4.05. The highest BCUT2D eigenvalue weighted by molar-refractivity contribution is 7.08. The first-order chi connectivity index (χ1) is 12.7. The van der Waals surface area contributed by atoms with Crippen LogP contribution in [-0.2, 0) is 26.7 Å². The number of amides is 1. The van der Waals surface area contributed by atoms with E-state index in [4.69, 9.17) is 0 Å². The molecule has 0 radical (unpaired) electrons. The first-order valence-corrected chi connectivity index (χ1v) is 9.62. The number of fused-ring (bicyclic) bond motifs is 1. The van der Waals surface area contributed by atoms with Crippen molar-refractivity contribution in [2.75, 3.05) is 13.1 Å². The van der Waals surface area contributed by atoms with E-state index in [-0.39, 0.29) is 5.91 Å². The summed E-state index contributed by atoms with van der Waals surface area (Å²) in [5.41, 5.74) is 3.14. The van der Waals surface area contributed by atoms with E-state index in [9.17, 15) is 4.79 Å². The van der Waals surface area contributed by atoms with Gasteiger partial charge in [0.1, 0.15) is 0 Å². The molecule has 136 valence electrons. The number of nitrogens with zero attached hydrogens (tertiary/aromatic N) is 5. The van der Waals surface area contributed by atoms with Gasteiger partial charge in [0.05, 0.1) is 11.9 Å². The summed E-state index contributed by atoms with van der Waals surface area (Å²) in [5.74, 6) is 0.297. The lowest BCUT2D eigenvalue weighted by atomic mass is 10.1. The van der Waals surface area contributed by atoms with Crippen LogP contribution in [0.15, 0.2) is 41.5 Å². The van der Waals surface area contributed by atoms with Crippen molar-refractivity contribution in [1.29, 1.82) is 0 Å². The van der Waals surface area contributed by atoms with E-state index in [0.717, 1.165) is 31.7 Å². The van der Waals surface area contributed by atoms with Crippen LogP contribution in [0.25, 0.3) is 0 Å². The summed E-state index contributed by atoms with van der Waals surface area (Å²) in [4.78, 5) is 14.7. The van der Waals surface area contributed by atoms with Crippen LogP contribution < -0.4 is 5.32 Å². The smallest absolute Gasteiger partial charge is 0.252 e. The Bertz CT molecular complexity index is 868. The van der Waals surface area contributed by atoms with Gasteiger partial charge in [-0.1, -0.05) is 0 Å². The Morgan fingerprint density at radius 3 is 3.04 bits per heavy atom. The van der Waals surface area contributed by atoms with Gasteiger partial charge in [-0.25, -0.2) is 0 Å². The molecule has 1 amide bonds. The molecule has 1 aliphatic heterocycles. The number of rotatable bonds is 5. The molecule has 26 heavy (non-hydrogen) atoms. The van der Waals surface area contributed by atoms with Gasteiger partial charge in [-0.3, -0.25) is 19.1 Å². The molecule has 1 atom stereocenters. The van der Waals surface area contributed by atoms with Crippen molar-refractivity contribution >= 4 is 17.2 Å². The molecule has 0 saturated carbocycles. The third-order valence-corrected chi connectivity index (χ3v) is 5.32. The predicted molar refractivity (Wildman–Crippen MR) is 99.7 cm³/mol. The number of hydrogen-bond acceptors (Lipinski definition) is 5. The van der Waals surface area contributed by atoms with E-state index >= 15 is 0 Å². The maximum atomic E-state index is 12.3. The Kier molecular flexibility index (Phi) is 4.85. The topological polar surface area (TPSA) is 68.0 Å². The molecule has 3 aromatic heterocycles. The van der Waals surface area contributed by atoms with Crippen LogP contribution in [0.4, 0.5) is 0 Å². The SMILES string of the molecule is Cn1cc(CN2Cc3ccnn3C[C@H](CNC(=O)c3ccsc3)C2)cn1. The Balaban J connectivity index is 1.44. The molecule has 0 spiro atoms. The lowest BCUT2D eigenvalue weighted by molar-refractivity contribution is 0.0940. The van der Waals surface area contributed by atoms with Gasteiger partial charge in [-0.05, 0) is 17.5 Å². The number of aromatic nitrogens is 4. The van der Waals surface area contributed by atoms with E-state index in [1.54, 1.807) is 0 Å². The van der Waals surface area contributed by atoms with Crippen molar-refractivity contribution in [3.05, 3.63) is 58.3 Å². The number of aryl methyl sites for hydroxylation is 1. The average molecular weight is 370 g/mol. The maximum Gasteiger partial charge on any atom is 0.252 e. The van der Waals surface area contributed by atoms with Crippen LogP contribution in [0, 0.1) is 5.92 Å². The molecule has 0 aromatic carbocycles. The second-order valence-electron chi connectivity index (χ2n) is 6.78. The fraction of sp³-hybridized carbons (Fsp3) is 0.389. The summed E-state index contributed by atoms with van der Waals surface area (Å²) in [7, 11) is 1.93. The van der Waals surface area contributed by atoms with E-state index in [0.29, 0.717) is 12.5 Å². The minimum absolute atomic E-state index is 0.00463. The normalized spacial score (nSPS) is 17.7. The molecule has 1 N–H and O–H groups in total. The zero-order chi connectivity index (χ0) is 17.9. The monoisotopic (exact) mass is 370 g/mol. The molecule has 1 aliphatic rings. The number of thiophene rings is 1. The summed E-state index contributed by atoms with van der Waals surface area (Å²) < 4.78 is 3.89. The van der Waals surface area contributed by atoms with Crippen molar-refractivity contribution in [3.63, 3.8) is 0 Å². The van der Waals surface area contributed by atoms with Crippen molar-refractivity contribution in [1.82, 2.24) is 29.8 Å². The largest absolute Gasteiger partial charge is 0.352 e. The van der Waals surface area contributed by atoms with Gasteiger partial charge in [-0.2, -0.15) is 21.5 Å². The number of carbonyl (C=O) groups excluding carboxylic acids is 1. The van der Waals surface area contributed by atoms with Crippen LogP contribution in [0.1, 0.15) is 21.6 Å². The van der Waals surface area contributed by atoms with Gasteiger partial charge in [0, 0.05) is 74.6 Å². The third-order valence-electron chi connectivity index (χ3n) is 4.64. The lowest BCUT2D eigenvalue weighted by Crippen LogP contribution is -2.36. The molecule has 4 heterocycles. The van der Waals surface area contributed by atoms with Crippen LogP contribution in [-0.4, -0.2) is 43.5 Å². The maximum absolute atomic E-state index is 12.3. The summed E-state index contributed by atoms with van der Waals surface area (Å²) in [5, 5.41) is 15.6. The molecule has 7 nitrogen and oxygen atoms in total. The molecular weight excluding hydrogens is 348 g/mol. The standard InChI is InChI=1S/C18H22N6OS/c1-22-8-15(7-21-22)10-23-9-14(11-24-17(12-23)2-4-20-24)6-19-18(25)16-3-5-26-13-16/h2-5,7-8,13-14H,6,9-12H2,1H3,(H,19,25)/t14-/m1/s1. The molecule has 4 rings (SSSR count). The Labute approximate surface area is 156 Å². The fourth-order valence-corrected chi connectivity index (χ4v) is 4.05. The van der Waals surface area contributed by atoms with Crippen molar-refractivity contribution in [2.24, 2.45) is 13.0 Å². The molecule has 0 fully saturated rings. The predicted octanol–water partition coefficient (Wildman–Crippen LogP) is 1.74. The van der Waals surface area contributed by atoms with Crippen LogP contribution in [0.3, 0.4) is 0 Å². The summed E-state index contributed by atoms with van der Waals surface area (Å²) >= 11 is 1.54. The molecule has 3 aromatic rings. The average Bonchev–Trinajstić information content (AvgIpc) is 3.35. The molecule has 0 saturated heterocycles. The quantitative estimate of drug-likeness (QED) is 0.743. The van der Waals surface area contributed by atoms with Crippen molar-refractivity contribution in [3.8, 4) is 0 Å². The van der Waals surface area contributed by atoms with Gasteiger partial charge in [0.25, 0.3) is 5.91 Å². The number of hydrogen-bond donors (Lipinski definition) is 1. The Morgan fingerprint density at radius 1 is 1.35 bits per heavy atom. The van der Waals surface area contributed by atoms with Gasteiger partial charge in [0.2, 0.25) is 0 Å². The Morgan fingerprint density at radius 2 is 2.27 bits per heavy atom. The van der Waals surface area contributed by atoms with Gasteiger partial charge in [0.15, 0.2) is 0 Å². The van der Waals surface area contributed by atoms with E-state index < -0.39 is 0 Å². The highest BCUT2D eigenvalue weighted by atomic mass is 32.1. The number of nitrogens with one attached hydrogen (secondary N) is 1. The van der Waals surface area contributed by atoms with E-state index in [1.807, 2.05) is 40.9 Å². The lowest BCUT2D eigenvalue weighted by Gasteiger charge is -2.23. The van der Waals surface area contributed by atoms with Gasteiger partial charge >= 0.3 is 0 Å². The van der Waals surface area contributed by atoms with Crippen molar-refractivity contribution in [2.45, 2.75) is 19.6 Å². The molecule has 0 bridgehead atoms. The molecular formula is C18H22N6OS. The first-order valence-electron chi connectivity index (χ1n) is 8.68. The fourth-order valence-electron chi connectivity index (χ4n) is 3.41. The van der Waals surface area contributed by atoms with Crippen LogP contribution >= 0.6 is 11.3 Å². The van der Waals surface area contributed by atoms with Gasteiger partial charge in [-0.15, -0.1) is 0 Å². The number of carbonyl (C=O) groups is 1. The van der Waals surface area contributed by atoms with Crippen LogP contribution in [0.2, 0.25) is 0 Å². The molecule has 0 aliphatic carbocycles. The zero-order valence-electron chi connectivity index (χ0n) is 14.7. The highest BCUT2D eigenvalue weighted by Gasteiger charge is 2.23. The van der Waals surface area contributed by atoms with Crippen LogP contribution in [0.5, 0.6) is 0 Å². The molecule has 0 unspecified atom stereocenters. The Hall–Kier alpha value is -2.45. The summed E-state index contributed by atoms with van der Waals surface area (Å²) in [6, 6.07) is 3.93. The highest BCUT2D eigenvalue weighted by Crippen LogP contribution is 2.18. The zero-order valence-corrected chi connectivity index (χ0v) is 15.5. The van der Waals surface area contributed by atoms with Gasteiger partial charge < -0.3 is 5.32 Å². The van der Waals surface area contributed by atoms with E-state index in [1.165, 1.54) is 22.6 Å². The minimum Gasteiger partial charge on any atom is -0.352 e.